The van der Waals surface area contributed by atoms with Crippen molar-refractivity contribution >= 4 is 0 Å². The van der Waals surface area contributed by atoms with E-state index in [9.17, 15) is 0 Å². The number of aryl methyl sites for hydroxylation is 1. The van der Waals surface area contributed by atoms with E-state index >= 15 is 0 Å². The van der Waals surface area contributed by atoms with Crippen molar-refractivity contribution in [3.05, 3.63) is 35.9 Å². The fraction of sp³-hybridized carbons (Fsp3) is 0.600. The maximum atomic E-state index is 5.92. The molecule has 0 aliphatic carbocycles. The van der Waals surface area contributed by atoms with Crippen LogP contribution < -0.4 is 5.73 Å². The summed E-state index contributed by atoms with van der Waals surface area (Å²) in [5, 5.41) is 0. The first kappa shape index (κ1) is 12.6. The van der Waals surface area contributed by atoms with Crippen LogP contribution in [0.15, 0.2) is 30.3 Å². The van der Waals surface area contributed by atoms with E-state index in [1.807, 2.05) is 0 Å². The van der Waals surface area contributed by atoms with Crippen molar-refractivity contribution in [1.82, 2.24) is 4.90 Å². The van der Waals surface area contributed by atoms with E-state index in [-0.39, 0.29) is 0 Å². The van der Waals surface area contributed by atoms with Crippen LogP contribution in [-0.4, -0.2) is 30.6 Å². The highest BCUT2D eigenvalue weighted by Crippen LogP contribution is 2.19. The molecule has 0 aromatic heterocycles. The van der Waals surface area contributed by atoms with Crippen LogP contribution in [0.4, 0.5) is 0 Å². The Bertz CT molecular complexity index is 323. The molecule has 1 fully saturated rings. The standard InChI is InChI=1S/C15H24N2/c1-13-9-10-17(12-13)15(11-16)8-7-14-5-3-2-4-6-14/h2-6,13,15H,7-12,16H2,1H3. The van der Waals surface area contributed by atoms with Crippen LogP contribution >= 0.6 is 0 Å². The zero-order valence-electron chi connectivity index (χ0n) is 10.8. The molecule has 1 aliphatic rings. The predicted octanol–water partition coefficient (Wildman–Crippen LogP) is 2.29. The van der Waals surface area contributed by atoms with Crippen molar-refractivity contribution in [3.8, 4) is 0 Å². The molecule has 0 spiro atoms. The zero-order valence-corrected chi connectivity index (χ0v) is 10.8. The Labute approximate surface area is 105 Å². The van der Waals surface area contributed by atoms with E-state index in [4.69, 9.17) is 5.73 Å². The summed E-state index contributed by atoms with van der Waals surface area (Å²) in [5.41, 5.74) is 7.35. The van der Waals surface area contributed by atoms with Gasteiger partial charge in [-0.05, 0) is 37.3 Å². The molecule has 1 aromatic carbocycles. The molecule has 2 atom stereocenters. The van der Waals surface area contributed by atoms with Crippen LogP contribution in [0.3, 0.4) is 0 Å². The Kier molecular flexibility index (Phi) is 4.57. The lowest BCUT2D eigenvalue weighted by Gasteiger charge is -2.26. The van der Waals surface area contributed by atoms with Gasteiger partial charge in [-0.3, -0.25) is 4.90 Å². The second kappa shape index (κ2) is 6.18. The summed E-state index contributed by atoms with van der Waals surface area (Å²) in [6, 6.07) is 11.3. The molecule has 1 heterocycles. The minimum atomic E-state index is 0.570. The van der Waals surface area contributed by atoms with Crippen molar-refractivity contribution in [2.24, 2.45) is 11.7 Å². The van der Waals surface area contributed by atoms with Gasteiger partial charge < -0.3 is 5.73 Å². The quantitative estimate of drug-likeness (QED) is 0.844. The molecule has 2 nitrogen and oxygen atoms in total. The normalized spacial score (nSPS) is 22.8. The molecule has 1 aliphatic heterocycles. The third-order valence-corrected chi connectivity index (χ3v) is 3.85. The van der Waals surface area contributed by atoms with Crippen molar-refractivity contribution in [2.75, 3.05) is 19.6 Å². The average Bonchev–Trinajstić information content (AvgIpc) is 2.78. The summed E-state index contributed by atoms with van der Waals surface area (Å²) >= 11 is 0. The average molecular weight is 232 g/mol. The number of hydrogen-bond acceptors (Lipinski definition) is 2. The summed E-state index contributed by atoms with van der Waals surface area (Å²) in [6.07, 6.45) is 3.67. The van der Waals surface area contributed by atoms with E-state index in [0.29, 0.717) is 6.04 Å². The maximum Gasteiger partial charge on any atom is 0.0221 e. The molecule has 2 rings (SSSR count). The van der Waals surface area contributed by atoms with Gasteiger partial charge in [0.05, 0.1) is 0 Å². The number of rotatable bonds is 5. The molecule has 1 saturated heterocycles. The summed E-state index contributed by atoms with van der Waals surface area (Å²) in [6.45, 7) is 5.60. The van der Waals surface area contributed by atoms with Crippen LogP contribution in [-0.2, 0) is 6.42 Å². The van der Waals surface area contributed by atoms with Gasteiger partial charge in [-0.25, -0.2) is 0 Å². The Morgan fingerprint density at radius 3 is 2.71 bits per heavy atom. The smallest absolute Gasteiger partial charge is 0.0221 e. The number of nitrogens with zero attached hydrogens (tertiary/aromatic N) is 1. The van der Waals surface area contributed by atoms with Crippen LogP contribution in [0.25, 0.3) is 0 Å². The van der Waals surface area contributed by atoms with Gasteiger partial charge in [0.25, 0.3) is 0 Å². The minimum absolute atomic E-state index is 0.570. The summed E-state index contributed by atoms with van der Waals surface area (Å²) in [5.74, 6) is 0.848. The highest BCUT2D eigenvalue weighted by Gasteiger charge is 2.24. The van der Waals surface area contributed by atoms with E-state index in [0.717, 1.165) is 18.9 Å². The van der Waals surface area contributed by atoms with Gasteiger partial charge >= 0.3 is 0 Å². The Balaban J connectivity index is 1.84. The van der Waals surface area contributed by atoms with Crippen molar-refractivity contribution in [3.63, 3.8) is 0 Å². The van der Waals surface area contributed by atoms with Crippen molar-refractivity contribution in [2.45, 2.75) is 32.2 Å². The highest BCUT2D eigenvalue weighted by molar-refractivity contribution is 5.14. The van der Waals surface area contributed by atoms with Gasteiger partial charge in [-0.1, -0.05) is 37.3 Å². The van der Waals surface area contributed by atoms with E-state index in [2.05, 4.69) is 42.2 Å². The molecule has 2 heteroatoms. The molecule has 0 radical (unpaired) electrons. The van der Waals surface area contributed by atoms with E-state index < -0.39 is 0 Å². The molecular weight excluding hydrogens is 208 g/mol. The third kappa shape index (κ3) is 3.55. The zero-order chi connectivity index (χ0) is 12.1. The monoisotopic (exact) mass is 232 g/mol. The molecule has 1 aromatic rings. The minimum Gasteiger partial charge on any atom is -0.329 e. The molecule has 0 bridgehead atoms. The Hall–Kier alpha value is -0.860. The fourth-order valence-electron chi connectivity index (χ4n) is 2.73. The molecule has 94 valence electrons. The first-order chi connectivity index (χ1) is 8.29. The van der Waals surface area contributed by atoms with Gasteiger partial charge in [-0.2, -0.15) is 0 Å². The van der Waals surface area contributed by atoms with Crippen molar-refractivity contribution < 1.29 is 0 Å². The van der Waals surface area contributed by atoms with Gasteiger partial charge in [0.15, 0.2) is 0 Å². The lowest BCUT2D eigenvalue weighted by molar-refractivity contribution is 0.229. The fourth-order valence-corrected chi connectivity index (χ4v) is 2.73. The second-order valence-electron chi connectivity index (χ2n) is 5.30. The lowest BCUT2D eigenvalue weighted by atomic mass is 10.0. The highest BCUT2D eigenvalue weighted by atomic mass is 15.2. The first-order valence-corrected chi connectivity index (χ1v) is 6.77. The largest absolute Gasteiger partial charge is 0.329 e. The van der Waals surface area contributed by atoms with E-state index in [1.54, 1.807) is 0 Å². The molecule has 0 saturated carbocycles. The van der Waals surface area contributed by atoms with Crippen LogP contribution in [0.5, 0.6) is 0 Å². The van der Waals surface area contributed by atoms with Crippen LogP contribution in [0, 0.1) is 5.92 Å². The Morgan fingerprint density at radius 1 is 1.35 bits per heavy atom. The molecule has 2 unspecified atom stereocenters. The maximum absolute atomic E-state index is 5.92. The van der Waals surface area contributed by atoms with E-state index in [1.165, 1.54) is 31.5 Å². The number of likely N-dealkylation sites (tertiary alicyclic amines) is 1. The topological polar surface area (TPSA) is 29.3 Å². The number of hydrogen-bond donors (Lipinski definition) is 1. The van der Waals surface area contributed by atoms with Gasteiger partial charge in [0.2, 0.25) is 0 Å². The summed E-state index contributed by atoms with van der Waals surface area (Å²) in [7, 11) is 0. The molecule has 0 amide bonds. The molecular formula is C15H24N2. The Morgan fingerprint density at radius 2 is 2.12 bits per heavy atom. The van der Waals surface area contributed by atoms with Gasteiger partial charge in [-0.15, -0.1) is 0 Å². The lowest BCUT2D eigenvalue weighted by Crippen LogP contribution is -2.39. The van der Waals surface area contributed by atoms with Gasteiger partial charge in [0, 0.05) is 19.1 Å². The SMILES string of the molecule is CC1CCN(C(CN)CCc2ccccc2)C1. The summed E-state index contributed by atoms with van der Waals surface area (Å²) < 4.78 is 0. The van der Waals surface area contributed by atoms with Crippen LogP contribution in [0.1, 0.15) is 25.3 Å². The van der Waals surface area contributed by atoms with Crippen molar-refractivity contribution in [1.29, 1.82) is 0 Å². The third-order valence-electron chi connectivity index (χ3n) is 3.85. The number of nitrogens with two attached hydrogens (primary N) is 1. The second-order valence-corrected chi connectivity index (χ2v) is 5.30. The van der Waals surface area contributed by atoms with Crippen LogP contribution in [0.2, 0.25) is 0 Å². The predicted molar refractivity (Wildman–Crippen MR) is 73.0 cm³/mol. The number of benzene rings is 1. The summed E-state index contributed by atoms with van der Waals surface area (Å²) in [4.78, 5) is 2.58. The molecule has 2 N–H and O–H groups in total. The van der Waals surface area contributed by atoms with Gasteiger partial charge in [0.1, 0.15) is 0 Å². The first-order valence-electron chi connectivity index (χ1n) is 6.77. The molecule has 17 heavy (non-hydrogen) atoms.